The van der Waals surface area contributed by atoms with Crippen LogP contribution in [-0.2, 0) is 11.2 Å². The summed E-state index contributed by atoms with van der Waals surface area (Å²) in [5.41, 5.74) is 8.09. The van der Waals surface area contributed by atoms with Gasteiger partial charge in [0.15, 0.2) is 0 Å². The Balaban J connectivity index is 1.73. The zero-order valence-corrected chi connectivity index (χ0v) is 22.3. The minimum Gasteiger partial charge on any atom is -0.491 e. The van der Waals surface area contributed by atoms with E-state index in [0.717, 1.165) is 5.56 Å². The molecule has 3 rings (SSSR count). The van der Waals surface area contributed by atoms with Gasteiger partial charge in [0.1, 0.15) is 18.5 Å². The molecule has 9 heteroatoms. The minimum absolute atomic E-state index is 0.0790. The van der Waals surface area contributed by atoms with E-state index in [1.54, 1.807) is 24.3 Å². The van der Waals surface area contributed by atoms with E-state index in [1.165, 1.54) is 7.11 Å². The molecule has 0 aliphatic carbocycles. The van der Waals surface area contributed by atoms with Gasteiger partial charge in [0.25, 0.3) is 0 Å². The molecule has 0 radical (unpaired) electrons. The number of esters is 1. The topological polar surface area (TPSA) is 105 Å². The quantitative estimate of drug-likeness (QED) is 0.222. The molecule has 4 N–H and O–H groups in total. The molecule has 0 aliphatic heterocycles. The first-order valence-corrected chi connectivity index (χ1v) is 12.6. The Kier molecular flexibility index (Phi) is 10.6. The monoisotopic (exact) mass is 546 g/mol. The van der Waals surface area contributed by atoms with Crippen molar-refractivity contribution in [2.45, 2.75) is 31.6 Å². The predicted octanol–water partition coefficient (Wildman–Crippen LogP) is 4.77. The van der Waals surface area contributed by atoms with Crippen LogP contribution in [0.4, 0.5) is 5.69 Å². The maximum atomic E-state index is 11.7. The summed E-state index contributed by atoms with van der Waals surface area (Å²) in [5.74, 6) is 0.268. The molecule has 198 valence electrons. The van der Waals surface area contributed by atoms with Crippen molar-refractivity contribution in [1.29, 1.82) is 0 Å². The lowest BCUT2D eigenvalue weighted by Gasteiger charge is -2.33. The Morgan fingerprint density at radius 3 is 2.22 bits per heavy atom. The number of methoxy groups -OCH3 is 1. The van der Waals surface area contributed by atoms with E-state index in [9.17, 15) is 15.0 Å². The first-order valence-electron chi connectivity index (χ1n) is 11.9. The fourth-order valence-corrected chi connectivity index (χ4v) is 4.46. The van der Waals surface area contributed by atoms with Crippen molar-refractivity contribution >= 4 is 34.9 Å². The van der Waals surface area contributed by atoms with Gasteiger partial charge in [-0.05, 0) is 60.9 Å². The summed E-state index contributed by atoms with van der Waals surface area (Å²) in [5, 5.41) is 22.3. The van der Waals surface area contributed by atoms with Crippen LogP contribution in [0.25, 0.3) is 0 Å². The van der Waals surface area contributed by atoms with Crippen LogP contribution in [0, 0.1) is 0 Å². The molecule has 3 aromatic rings. The number of hydrogen-bond acceptors (Lipinski definition) is 7. The average Bonchev–Trinajstić information content (AvgIpc) is 2.90. The normalized spacial score (nSPS) is 13.7. The second-order valence-corrected chi connectivity index (χ2v) is 9.70. The van der Waals surface area contributed by atoms with E-state index in [-0.39, 0.29) is 41.5 Å². The third kappa shape index (κ3) is 8.35. The van der Waals surface area contributed by atoms with Crippen LogP contribution < -0.4 is 10.5 Å². The van der Waals surface area contributed by atoms with Crippen molar-refractivity contribution in [3.05, 3.63) is 93.5 Å². The van der Waals surface area contributed by atoms with Crippen molar-refractivity contribution in [1.82, 2.24) is 4.90 Å². The molecule has 3 unspecified atom stereocenters. The zero-order valence-electron chi connectivity index (χ0n) is 20.8. The molecular formula is C28H32Cl2N2O5. The molecule has 3 aromatic carbocycles. The third-order valence-corrected chi connectivity index (χ3v) is 6.68. The van der Waals surface area contributed by atoms with Gasteiger partial charge in [-0.25, -0.2) is 4.79 Å². The Morgan fingerprint density at radius 1 is 1.00 bits per heavy atom. The fourth-order valence-electron chi connectivity index (χ4n) is 3.96. The number of carbonyl (C=O) groups excluding carboxylic acids is 1. The number of halogens is 2. The molecular weight excluding hydrogens is 515 g/mol. The Bertz CT molecular complexity index is 1140. The lowest BCUT2D eigenvalue weighted by atomic mass is 10.0. The summed E-state index contributed by atoms with van der Waals surface area (Å²) in [6, 6.07) is 19.5. The summed E-state index contributed by atoms with van der Waals surface area (Å²) < 4.78 is 10.5. The second-order valence-electron chi connectivity index (χ2n) is 8.89. The molecule has 0 spiro atoms. The van der Waals surface area contributed by atoms with E-state index in [4.69, 9.17) is 38.4 Å². The van der Waals surface area contributed by atoms with Crippen LogP contribution in [0.1, 0.15) is 34.5 Å². The number of aliphatic hydroxyl groups excluding tert-OH is 2. The highest BCUT2D eigenvalue weighted by atomic mass is 35.5. The van der Waals surface area contributed by atoms with Gasteiger partial charge in [-0.2, -0.15) is 0 Å². The predicted molar refractivity (Wildman–Crippen MR) is 146 cm³/mol. The van der Waals surface area contributed by atoms with E-state index in [1.807, 2.05) is 54.3 Å². The zero-order chi connectivity index (χ0) is 26.9. The number of nitrogens with two attached hydrogens (primary N) is 1. The number of ether oxygens (including phenoxy) is 2. The van der Waals surface area contributed by atoms with Crippen molar-refractivity contribution in [3.63, 3.8) is 0 Å². The molecule has 0 saturated heterocycles. The molecule has 37 heavy (non-hydrogen) atoms. The summed E-state index contributed by atoms with van der Waals surface area (Å²) in [4.78, 5) is 13.7. The largest absolute Gasteiger partial charge is 0.491 e. The number of rotatable bonds is 12. The van der Waals surface area contributed by atoms with Crippen LogP contribution >= 0.6 is 23.2 Å². The molecule has 0 saturated carbocycles. The van der Waals surface area contributed by atoms with Crippen molar-refractivity contribution in [2.24, 2.45) is 0 Å². The smallest absolute Gasteiger partial charge is 0.337 e. The second kappa shape index (κ2) is 13.7. The van der Waals surface area contributed by atoms with Crippen LogP contribution in [-0.4, -0.2) is 60.0 Å². The average molecular weight is 547 g/mol. The van der Waals surface area contributed by atoms with E-state index >= 15 is 0 Å². The molecule has 7 nitrogen and oxygen atoms in total. The highest BCUT2D eigenvalue weighted by Gasteiger charge is 2.23. The highest BCUT2D eigenvalue weighted by Crippen LogP contribution is 2.32. The Labute approximate surface area is 227 Å². The van der Waals surface area contributed by atoms with E-state index in [0.29, 0.717) is 23.3 Å². The lowest BCUT2D eigenvalue weighted by molar-refractivity contribution is 0.0291. The lowest BCUT2D eigenvalue weighted by Crippen LogP contribution is -2.44. The SMILES string of the molecule is COC(=O)c1ccc(CC(C)N(CC(O)COc2ccccc2)CC(O)c2cc(Cl)c(N)c(Cl)c2)cc1. The van der Waals surface area contributed by atoms with Crippen molar-refractivity contribution in [3.8, 4) is 5.75 Å². The van der Waals surface area contributed by atoms with Gasteiger partial charge in [0, 0.05) is 19.1 Å². The number of aliphatic hydroxyl groups is 2. The first-order chi connectivity index (χ1) is 17.7. The van der Waals surface area contributed by atoms with Crippen molar-refractivity contribution in [2.75, 3.05) is 32.5 Å². The molecule has 3 atom stereocenters. The molecule has 0 bridgehead atoms. The summed E-state index contributed by atoms with van der Waals surface area (Å²) in [6.45, 7) is 2.56. The summed E-state index contributed by atoms with van der Waals surface area (Å²) in [7, 11) is 1.34. The molecule has 0 heterocycles. The number of nitrogen functional groups attached to an aromatic ring is 1. The summed E-state index contributed by atoms with van der Waals surface area (Å²) in [6.07, 6.45) is -1.12. The number of para-hydroxylation sites is 1. The highest BCUT2D eigenvalue weighted by molar-refractivity contribution is 6.38. The van der Waals surface area contributed by atoms with Gasteiger partial charge in [-0.15, -0.1) is 0 Å². The van der Waals surface area contributed by atoms with Gasteiger partial charge in [-0.3, -0.25) is 4.90 Å². The molecule has 0 aromatic heterocycles. The standard InChI is InChI=1S/C28H32Cl2N2O5/c1-18(12-19-8-10-20(11-9-19)28(35)36-2)32(15-22(33)17-37-23-6-4-3-5-7-23)16-26(34)21-13-24(29)27(31)25(30)14-21/h3-11,13-14,18,22,26,33-34H,12,15-17,31H2,1-2H3. The molecule has 0 fully saturated rings. The maximum Gasteiger partial charge on any atom is 0.337 e. The van der Waals surface area contributed by atoms with Crippen LogP contribution in [0.5, 0.6) is 5.75 Å². The van der Waals surface area contributed by atoms with Crippen molar-refractivity contribution < 1.29 is 24.5 Å². The van der Waals surface area contributed by atoms with Gasteiger partial charge in [0.2, 0.25) is 0 Å². The van der Waals surface area contributed by atoms with Crippen LogP contribution in [0.15, 0.2) is 66.7 Å². The van der Waals surface area contributed by atoms with E-state index in [2.05, 4.69) is 0 Å². The molecule has 0 amide bonds. The van der Waals surface area contributed by atoms with Gasteiger partial charge in [0.05, 0.1) is 34.5 Å². The fraction of sp³-hybridized carbons (Fsp3) is 0.321. The van der Waals surface area contributed by atoms with E-state index < -0.39 is 18.2 Å². The van der Waals surface area contributed by atoms with Crippen LogP contribution in [0.2, 0.25) is 10.0 Å². The maximum absolute atomic E-state index is 11.7. The number of benzene rings is 3. The Hall–Kier alpha value is -2.81. The van der Waals surface area contributed by atoms with Crippen LogP contribution in [0.3, 0.4) is 0 Å². The van der Waals surface area contributed by atoms with Gasteiger partial charge in [-0.1, -0.05) is 53.5 Å². The first kappa shape index (κ1) is 28.8. The molecule has 0 aliphatic rings. The number of anilines is 1. The number of hydrogen-bond donors (Lipinski definition) is 3. The summed E-state index contributed by atoms with van der Waals surface area (Å²) >= 11 is 12.4. The Morgan fingerprint density at radius 2 is 1.62 bits per heavy atom. The van der Waals surface area contributed by atoms with Gasteiger partial charge >= 0.3 is 5.97 Å². The third-order valence-electron chi connectivity index (χ3n) is 6.05. The number of nitrogens with zero attached hydrogens (tertiary/aromatic N) is 1. The van der Waals surface area contributed by atoms with Gasteiger partial charge < -0.3 is 25.4 Å². The number of carbonyl (C=O) groups is 1. The minimum atomic E-state index is -0.929.